The summed E-state index contributed by atoms with van der Waals surface area (Å²) in [6.45, 7) is 3.68. The average Bonchev–Trinajstić information content (AvgIpc) is 2.56. The molecular formula is C18H23FIN3O. The van der Waals surface area contributed by atoms with Crippen LogP contribution in [0.15, 0.2) is 53.5 Å². The Balaban J connectivity index is 0.00000288. The van der Waals surface area contributed by atoms with Crippen LogP contribution in [0, 0.1) is 12.7 Å². The van der Waals surface area contributed by atoms with Crippen LogP contribution in [0.4, 0.5) is 4.39 Å². The summed E-state index contributed by atoms with van der Waals surface area (Å²) in [6.07, 6.45) is 0. The number of nitrogens with zero attached hydrogens (tertiary/aromatic N) is 1. The van der Waals surface area contributed by atoms with Gasteiger partial charge >= 0.3 is 0 Å². The summed E-state index contributed by atoms with van der Waals surface area (Å²) < 4.78 is 18.8. The van der Waals surface area contributed by atoms with Gasteiger partial charge in [-0.15, -0.1) is 24.0 Å². The fraction of sp³-hybridized carbons (Fsp3) is 0.278. The van der Waals surface area contributed by atoms with Gasteiger partial charge in [0, 0.05) is 13.6 Å². The lowest BCUT2D eigenvalue weighted by atomic mass is 10.2. The van der Waals surface area contributed by atoms with Crippen molar-refractivity contribution in [3.8, 4) is 5.75 Å². The first-order valence-corrected chi connectivity index (χ1v) is 7.56. The molecule has 4 nitrogen and oxygen atoms in total. The topological polar surface area (TPSA) is 45.7 Å². The first-order chi connectivity index (χ1) is 11.2. The van der Waals surface area contributed by atoms with E-state index in [4.69, 9.17) is 4.74 Å². The van der Waals surface area contributed by atoms with Gasteiger partial charge in [0.1, 0.15) is 18.2 Å². The Kier molecular flexibility index (Phi) is 9.14. The van der Waals surface area contributed by atoms with Crippen LogP contribution in [0.25, 0.3) is 0 Å². The van der Waals surface area contributed by atoms with Crippen LogP contribution in [0.5, 0.6) is 5.75 Å². The van der Waals surface area contributed by atoms with Crippen molar-refractivity contribution < 1.29 is 9.13 Å². The molecule has 24 heavy (non-hydrogen) atoms. The SMILES string of the molecule is CN=C(NCCOc1ccccc1C)NCc1cccc(F)c1.I. The predicted molar refractivity (Wildman–Crippen MR) is 107 cm³/mol. The number of para-hydroxylation sites is 1. The highest BCUT2D eigenvalue weighted by atomic mass is 127. The van der Waals surface area contributed by atoms with Crippen molar-refractivity contribution in [1.29, 1.82) is 0 Å². The summed E-state index contributed by atoms with van der Waals surface area (Å²) in [5, 5.41) is 6.30. The number of aliphatic imine (C=N–C) groups is 1. The fourth-order valence-corrected chi connectivity index (χ4v) is 2.10. The van der Waals surface area contributed by atoms with E-state index in [1.54, 1.807) is 13.1 Å². The zero-order valence-corrected chi connectivity index (χ0v) is 16.2. The zero-order chi connectivity index (χ0) is 16.5. The lowest BCUT2D eigenvalue weighted by molar-refractivity contribution is 0.320. The molecular weight excluding hydrogens is 420 g/mol. The van der Waals surface area contributed by atoms with Crippen LogP contribution >= 0.6 is 24.0 Å². The molecule has 2 N–H and O–H groups in total. The van der Waals surface area contributed by atoms with Crippen LogP contribution in [-0.2, 0) is 6.54 Å². The molecule has 0 heterocycles. The van der Waals surface area contributed by atoms with Crippen molar-refractivity contribution in [1.82, 2.24) is 10.6 Å². The van der Waals surface area contributed by atoms with Crippen LogP contribution in [0.2, 0.25) is 0 Å². The number of rotatable bonds is 6. The van der Waals surface area contributed by atoms with E-state index in [2.05, 4.69) is 15.6 Å². The summed E-state index contributed by atoms with van der Waals surface area (Å²) in [5.74, 6) is 1.30. The van der Waals surface area contributed by atoms with E-state index in [1.165, 1.54) is 12.1 Å². The number of aryl methyl sites for hydroxylation is 1. The van der Waals surface area contributed by atoms with Gasteiger partial charge in [0.05, 0.1) is 6.54 Å². The van der Waals surface area contributed by atoms with Crippen molar-refractivity contribution in [3.63, 3.8) is 0 Å². The molecule has 0 bridgehead atoms. The first-order valence-electron chi connectivity index (χ1n) is 7.56. The first kappa shape index (κ1) is 20.2. The molecule has 0 saturated carbocycles. The van der Waals surface area contributed by atoms with Gasteiger partial charge in [0.25, 0.3) is 0 Å². The number of hydrogen-bond donors (Lipinski definition) is 2. The Hall–Kier alpha value is -1.83. The molecule has 0 aliphatic carbocycles. The van der Waals surface area contributed by atoms with Crippen molar-refractivity contribution in [2.45, 2.75) is 13.5 Å². The second kappa shape index (κ2) is 10.9. The maximum atomic E-state index is 13.1. The molecule has 0 fully saturated rings. The molecule has 0 unspecified atom stereocenters. The minimum atomic E-state index is -0.237. The van der Waals surface area contributed by atoms with E-state index in [9.17, 15) is 4.39 Å². The third-order valence-corrected chi connectivity index (χ3v) is 3.32. The van der Waals surface area contributed by atoms with Crippen molar-refractivity contribution >= 4 is 29.9 Å². The number of hydrogen-bond acceptors (Lipinski definition) is 2. The van der Waals surface area contributed by atoms with Gasteiger partial charge in [-0.05, 0) is 36.2 Å². The summed E-state index contributed by atoms with van der Waals surface area (Å²) in [6, 6.07) is 14.4. The monoisotopic (exact) mass is 443 g/mol. The molecule has 0 amide bonds. The van der Waals surface area contributed by atoms with Gasteiger partial charge < -0.3 is 15.4 Å². The number of ether oxygens (including phenoxy) is 1. The van der Waals surface area contributed by atoms with E-state index >= 15 is 0 Å². The Labute approximate surface area is 159 Å². The van der Waals surface area contributed by atoms with Crippen LogP contribution in [0.3, 0.4) is 0 Å². The number of nitrogens with one attached hydrogen (secondary N) is 2. The van der Waals surface area contributed by atoms with Gasteiger partial charge in [-0.1, -0.05) is 30.3 Å². The highest BCUT2D eigenvalue weighted by Crippen LogP contribution is 2.15. The van der Waals surface area contributed by atoms with E-state index in [1.807, 2.05) is 37.3 Å². The van der Waals surface area contributed by atoms with Gasteiger partial charge in [-0.25, -0.2) is 4.39 Å². The summed E-state index contributed by atoms with van der Waals surface area (Å²) in [4.78, 5) is 4.13. The zero-order valence-electron chi connectivity index (χ0n) is 13.9. The predicted octanol–water partition coefficient (Wildman–Crippen LogP) is 3.50. The second-order valence-electron chi connectivity index (χ2n) is 5.10. The molecule has 2 aromatic rings. The van der Waals surface area contributed by atoms with Crippen molar-refractivity contribution in [2.75, 3.05) is 20.2 Å². The van der Waals surface area contributed by atoms with Crippen molar-refractivity contribution in [3.05, 3.63) is 65.5 Å². The van der Waals surface area contributed by atoms with Gasteiger partial charge in [0.15, 0.2) is 5.96 Å². The maximum absolute atomic E-state index is 13.1. The van der Waals surface area contributed by atoms with Crippen LogP contribution in [-0.4, -0.2) is 26.2 Å². The normalized spacial score (nSPS) is 10.7. The van der Waals surface area contributed by atoms with E-state index < -0.39 is 0 Å². The van der Waals surface area contributed by atoms with Gasteiger partial charge in [0.2, 0.25) is 0 Å². The molecule has 2 rings (SSSR count). The van der Waals surface area contributed by atoms with E-state index in [0.717, 1.165) is 16.9 Å². The highest BCUT2D eigenvalue weighted by molar-refractivity contribution is 14.0. The minimum Gasteiger partial charge on any atom is -0.491 e. The largest absolute Gasteiger partial charge is 0.491 e. The Morgan fingerprint density at radius 2 is 1.92 bits per heavy atom. The third kappa shape index (κ3) is 6.74. The summed E-state index contributed by atoms with van der Waals surface area (Å²) in [5.41, 5.74) is 1.98. The van der Waals surface area contributed by atoms with Crippen LogP contribution in [0.1, 0.15) is 11.1 Å². The Morgan fingerprint density at radius 3 is 2.62 bits per heavy atom. The van der Waals surface area contributed by atoms with E-state index in [-0.39, 0.29) is 29.8 Å². The molecule has 0 saturated heterocycles. The smallest absolute Gasteiger partial charge is 0.191 e. The Bertz CT molecular complexity index is 664. The maximum Gasteiger partial charge on any atom is 0.191 e. The molecule has 0 aliphatic rings. The third-order valence-electron chi connectivity index (χ3n) is 3.32. The molecule has 2 aromatic carbocycles. The molecule has 0 atom stereocenters. The summed E-state index contributed by atoms with van der Waals surface area (Å²) >= 11 is 0. The molecule has 130 valence electrons. The average molecular weight is 443 g/mol. The van der Waals surface area contributed by atoms with E-state index in [0.29, 0.717) is 25.7 Å². The lowest BCUT2D eigenvalue weighted by Gasteiger charge is -2.13. The molecule has 0 aromatic heterocycles. The highest BCUT2D eigenvalue weighted by Gasteiger charge is 2.01. The molecule has 6 heteroatoms. The molecule has 0 radical (unpaired) electrons. The van der Waals surface area contributed by atoms with Crippen molar-refractivity contribution in [2.24, 2.45) is 4.99 Å². The number of guanidine groups is 1. The van der Waals surface area contributed by atoms with Gasteiger partial charge in [-0.2, -0.15) is 0 Å². The quantitative estimate of drug-likeness (QED) is 0.311. The fourth-order valence-electron chi connectivity index (χ4n) is 2.10. The lowest BCUT2D eigenvalue weighted by Crippen LogP contribution is -2.38. The molecule has 0 aliphatic heterocycles. The second-order valence-corrected chi connectivity index (χ2v) is 5.10. The van der Waals surface area contributed by atoms with Gasteiger partial charge in [-0.3, -0.25) is 4.99 Å². The standard InChI is InChI=1S/C18H22FN3O.HI/c1-14-6-3-4-9-17(14)23-11-10-21-18(20-2)22-13-15-7-5-8-16(19)12-15;/h3-9,12H,10-11,13H2,1-2H3,(H2,20,21,22);1H. The number of benzene rings is 2. The summed E-state index contributed by atoms with van der Waals surface area (Å²) in [7, 11) is 1.70. The van der Waals surface area contributed by atoms with Crippen LogP contribution < -0.4 is 15.4 Å². The minimum absolute atomic E-state index is 0. The number of halogens is 2. The molecule has 0 spiro atoms. The Morgan fingerprint density at radius 1 is 1.12 bits per heavy atom.